The van der Waals surface area contributed by atoms with Gasteiger partial charge in [-0.3, -0.25) is 4.79 Å². The van der Waals surface area contributed by atoms with Crippen molar-refractivity contribution in [2.75, 3.05) is 7.05 Å². The van der Waals surface area contributed by atoms with E-state index in [1.165, 1.54) is 0 Å². The van der Waals surface area contributed by atoms with E-state index in [2.05, 4.69) is 0 Å². The highest BCUT2D eigenvalue weighted by Gasteiger charge is 2.41. The van der Waals surface area contributed by atoms with Crippen LogP contribution < -0.4 is 5.73 Å². The molecular weight excluding hydrogens is 240 g/mol. The van der Waals surface area contributed by atoms with Crippen LogP contribution in [-0.4, -0.2) is 28.5 Å². The molecule has 3 N–H and O–H groups in total. The Morgan fingerprint density at radius 3 is 2.26 bits per heavy atom. The molecule has 0 aromatic heterocycles. The Hall–Kier alpha value is -1.55. The van der Waals surface area contributed by atoms with E-state index in [-0.39, 0.29) is 11.7 Å². The second kappa shape index (κ2) is 5.21. The van der Waals surface area contributed by atoms with Crippen molar-refractivity contribution in [1.29, 1.82) is 0 Å². The lowest BCUT2D eigenvalue weighted by atomic mass is 9.74. The van der Waals surface area contributed by atoms with Crippen LogP contribution in [0.5, 0.6) is 5.75 Å². The predicted molar refractivity (Wildman–Crippen MR) is 76.6 cm³/mol. The van der Waals surface area contributed by atoms with Crippen molar-refractivity contribution >= 4 is 5.91 Å². The summed E-state index contributed by atoms with van der Waals surface area (Å²) in [5.41, 5.74) is 5.52. The van der Waals surface area contributed by atoms with E-state index in [0.717, 1.165) is 5.56 Å². The van der Waals surface area contributed by atoms with E-state index in [1.807, 2.05) is 33.8 Å². The third kappa shape index (κ3) is 3.26. The average Bonchev–Trinajstić information content (AvgIpc) is 2.29. The molecule has 4 nitrogen and oxygen atoms in total. The van der Waals surface area contributed by atoms with Gasteiger partial charge in [0, 0.05) is 24.7 Å². The first kappa shape index (κ1) is 15.5. The van der Waals surface area contributed by atoms with Crippen LogP contribution in [0.3, 0.4) is 0 Å². The van der Waals surface area contributed by atoms with Gasteiger partial charge in [-0.25, -0.2) is 0 Å². The molecule has 0 atom stereocenters. The zero-order valence-electron chi connectivity index (χ0n) is 12.4. The highest BCUT2D eigenvalue weighted by molar-refractivity contribution is 5.83. The maximum atomic E-state index is 12.5. The predicted octanol–water partition coefficient (Wildman–Crippen LogP) is 2.11. The number of nitrogens with zero attached hydrogens (tertiary/aromatic N) is 1. The van der Waals surface area contributed by atoms with Gasteiger partial charge >= 0.3 is 0 Å². The minimum absolute atomic E-state index is 0.0387. The summed E-state index contributed by atoms with van der Waals surface area (Å²) in [5, 5.41) is 9.74. The summed E-state index contributed by atoms with van der Waals surface area (Å²) in [4.78, 5) is 14.1. The van der Waals surface area contributed by atoms with Crippen molar-refractivity contribution in [2.45, 2.75) is 39.8 Å². The second-order valence-corrected chi connectivity index (χ2v) is 6.14. The molecular formula is C15H24N2O2. The minimum atomic E-state index is -0.674. The third-order valence-electron chi connectivity index (χ3n) is 3.89. The summed E-state index contributed by atoms with van der Waals surface area (Å²) in [6.07, 6.45) is 0. The second-order valence-electron chi connectivity index (χ2n) is 6.14. The van der Waals surface area contributed by atoms with Gasteiger partial charge in [0.25, 0.3) is 0 Å². The smallest absolute Gasteiger partial charge is 0.230 e. The zero-order chi connectivity index (χ0) is 14.8. The fraction of sp³-hybridized carbons (Fsp3) is 0.533. The Bertz CT molecular complexity index is 461. The van der Waals surface area contributed by atoms with Gasteiger partial charge in [0.15, 0.2) is 0 Å². The lowest BCUT2D eigenvalue weighted by Gasteiger charge is -2.39. The van der Waals surface area contributed by atoms with Gasteiger partial charge in [0.2, 0.25) is 5.91 Å². The molecule has 1 aromatic rings. The van der Waals surface area contributed by atoms with Crippen LogP contribution in [0, 0.1) is 5.41 Å². The van der Waals surface area contributed by atoms with Crippen LogP contribution in [0.4, 0.5) is 0 Å². The lowest BCUT2D eigenvalue weighted by molar-refractivity contribution is -0.142. The Morgan fingerprint density at radius 1 is 1.26 bits per heavy atom. The Balaban J connectivity index is 2.88. The number of carbonyl (C=O) groups is 1. The zero-order valence-corrected chi connectivity index (χ0v) is 12.4. The summed E-state index contributed by atoms with van der Waals surface area (Å²) in [7, 11) is 1.72. The van der Waals surface area contributed by atoms with Crippen LogP contribution in [-0.2, 0) is 11.3 Å². The summed E-state index contributed by atoms with van der Waals surface area (Å²) >= 11 is 0. The molecule has 0 aliphatic rings. The van der Waals surface area contributed by atoms with Crippen molar-refractivity contribution in [1.82, 2.24) is 4.90 Å². The summed E-state index contributed by atoms with van der Waals surface area (Å²) < 4.78 is 0. The fourth-order valence-corrected chi connectivity index (χ4v) is 1.72. The summed E-state index contributed by atoms with van der Waals surface area (Å²) in [6.45, 7) is 7.75. The Kier molecular flexibility index (Phi) is 4.25. The molecule has 1 amide bonds. The van der Waals surface area contributed by atoms with E-state index >= 15 is 0 Å². The molecule has 1 aromatic carbocycles. The lowest BCUT2D eigenvalue weighted by Crippen LogP contribution is -2.55. The van der Waals surface area contributed by atoms with Gasteiger partial charge in [-0.15, -0.1) is 0 Å². The van der Waals surface area contributed by atoms with Gasteiger partial charge in [0.05, 0.1) is 5.41 Å². The first-order valence-corrected chi connectivity index (χ1v) is 6.38. The maximum Gasteiger partial charge on any atom is 0.230 e. The molecule has 19 heavy (non-hydrogen) atoms. The molecule has 0 aliphatic carbocycles. The van der Waals surface area contributed by atoms with Gasteiger partial charge in [0.1, 0.15) is 5.75 Å². The van der Waals surface area contributed by atoms with Gasteiger partial charge in [-0.1, -0.05) is 18.2 Å². The molecule has 1 rings (SSSR count). The minimum Gasteiger partial charge on any atom is -0.508 e. The van der Waals surface area contributed by atoms with Crippen LogP contribution in [0.25, 0.3) is 0 Å². The number of phenols is 1. The van der Waals surface area contributed by atoms with Gasteiger partial charge in [-0.2, -0.15) is 0 Å². The average molecular weight is 264 g/mol. The van der Waals surface area contributed by atoms with Crippen LogP contribution in [0.2, 0.25) is 0 Å². The molecule has 0 fully saturated rings. The van der Waals surface area contributed by atoms with E-state index in [9.17, 15) is 9.90 Å². The van der Waals surface area contributed by atoms with Crippen molar-refractivity contribution in [3.05, 3.63) is 29.8 Å². The first-order valence-electron chi connectivity index (χ1n) is 6.38. The molecule has 4 heteroatoms. The number of hydrogen-bond acceptors (Lipinski definition) is 3. The summed E-state index contributed by atoms with van der Waals surface area (Å²) in [6, 6.07) is 7.02. The molecule has 0 saturated heterocycles. The number of rotatable bonds is 4. The van der Waals surface area contributed by atoms with Crippen molar-refractivity contribution in [3.63, 3.8) is 0 Å². The van der Waals surface area contributed by atoms with Crippen molar-refractivity contribution in [2.24, 2.45) is 11.1 Å². The fourth-order valence-electron chi connectivity index (χ4n) is 1.72. The number of phenolic OH excluding ortho intramolecular Hbond substituents is 1. The monoisotopic (exact) mass is 264 g/mol. The van der Waals surface area contributed by atoms with Crippen molar-refractivity contribution in [3.8, 4) is 5.75 Å². The highest BCUT2D eigenvalue weighted by atomic mass is 16.3. The number of nitrogens with two attached hydrogens (primary N) is 1. The SMILES string of the molecule is CN(Cc1ccccc1O)C(=O)C(C)(C)C(C)(C)N. The van der Waals surface area contributed by atoms with E-state index in [4.69, 9.17) is 5.73 Å². The van der Waals surface area contributed by atoms with Crippen LogP contribution in [0.15, 0.2) is 24.3 Å². The number of hydrogen-bond donors (Lipinski definition) is 2. The Labute approximate surface area is 115 Å². The maximum absolute atomic E-state index is 12.5. The summed E-state index contributed by atoms with van der Waals surface area (Å²) in [5.74, 6) is 0.162. The highest BCUT2D eigenvalue weighted by Crippen LogP contribution is 2.31. The molecule has 0 unspecified atom stereocenters. The van der Waals surface area contributed by atoms with Crippen LogP contribution >= 0.6 is 0 Å². The molecule has 0 bridgehead atoms. The normalized spacial score (nSPS) is 12.3. The number of para-hydroxylation sites is 1. The molecule has 0 heterocycles. The number of carbonyl (C=O) groups excluding carboxylic acids is 1. The molecule has 0 spiro atoms. The third-order valence-corrected chi connectivity index (χ3v) is 3.89. The number of benzene rings is 1. The van der Waals surface area contributed by atoms with E-state index < -0.39 is 11.0 Å². The molecule has 106 valence electrons. The molecule has 0 radical (unpaired) electrons. The quantitative estimate of drug-likeness (QED) is 0.875. The van der Waals surface area contributed by atoms with Gasteiger partial charge < -0.3 is 15.7 Å². The molecule has 0 saturated carbocycles. The molecule has 0 aliphatic heterocycles. The topological polar surface area (TPSA) is 66.6 Å². The standard InChI is InChI=1S/C15H24N2O2/c1-14(2,15(3,4)16)13(19)17(5)10-11-8-6-7-9-12(11)18/h6-9,18H,10,16H2,1-5H3. The largest absolute Gasteiger partial charge is 0.508 e. The number of amides is 1. The van der Waals surface area contributed by atoms with E-state index in [0.29, 0.717) is 6.54 Å². The Morgan fingerprint density at radius 2 is 1.79 bits per heavy atom. The number of aromatic hydroxyl groups is 1. The van der Waals surface area contributed by atoms with Crippen LogP contribution in [0.1, 0.15) is 33.3 Å². The van der Waals surface area contributed by atoms with E-state index in [1.54, 1.807) is 30.1 Å². The van der Waals surface area contributed by atoms with Gasteiger partial charge in [-0.05, 0) is 33.8 Å². The first-order chi connectivity index (χ1) is 8.57. The van der Waals surface area contributed by atoms with Crippen molar-refractivity contribution < 1.29 is 9.90 Å².